The van der Waals surface area contributed by atoms with Crippen LogP contribution in [-0.2, 0) is 9.53 Å². The van der Waals surface area contributed by atoms with Gasteiger partial charge in [-0.25, -0.2) is 0 Å². The van der Waals surface area contributed by atoms with Crippen LogP contribution in [0.2, 0.25) is 5.02 Å². The minimum atomic E-state index is -0.174. The van der Waals surface area contributed by atoms with Gasteiger partial charge in [0, 0.05) is 23.4 Å². The molecule has 0 spiro atoms. The normalized spacial score (nSPS) is 10.3. The Bertz CT molecular complexity index is 608. The quantitative estimate of drug-likeness (QED) is 0.927. The molecule has 20 heavy (non-hydrogen) atoms. The molecule has 3 nitrogen and oxygen atoms in total. The van der Waals surface area contributed by atoms with Crippen molar-refractivity contribution in [2.45, 2.75) is 6.92 Å². The highest BCUT2D eigenvalue weighted by Crippen LogP contribution is 2.30. The number of carbonyl (C=O) groups is 1. The van der Waals surface area contributed by atoms with E-state index in [1.54, 1.807) is 0 Å². The van der Waals surface area contributed by atoms with Gasteiger partial charge in [0.15, 0.2) is 0 Å². The minimum Gasteiger partial charge on any atom is -0.375 e. The van der Waals surface area contributed by atoms with Crippen LogP contribution in [0.5, 0.6) is 0 Å². The summed E-state index contributed by atoms with van der Waals surface area (Å²) in [5.74, 6) is -0.174. The Hall–Kier alpha value is -1.84. The largest absolute Gasteiger partial charge is 0.375 e. The number of carbonyl (C=O) groups excluding carboxylic acids is 1. The van der Waals surface area contributed by atoms with Crippen LogP contribution in [-0.4, -0.2) is 19.6 Å². The van der Waals surface area contributed by atoms with E-state index in [-0.39, 0.29) is 12.5 Å². The molecule has 0 aliphatic carbocycles. The number of halogens is 1. The van der Waals surface area contributed by atoms with E-state index in [1.165, 1.54) is 7.11 Å². The van der Waals surface area contributed by atoms with Crippen LogP contribution in [0.3, 0.4) is 0 Å². The zero-order valence-electron chi connectivity index (χ0n) is 11.4. The second-order valence-electron chi connectivity index (χ2n) is 4.54. The molecule has 0 saturated heterocycles. The zero-order valence-corrected chi connectivity index (χ0v) is 12.2. The van der Waals surface area contributed by atoms with Gasteiger partial charge in [-0.2, -0.15) is 0 Å². The molecule has 0 unspecified atom stereocenters. The molecule has 0 bridgehead atoms. The second-order valence-corrected chi connectivity index (χ2v) is 4.97. The molecular formula is C16H16ClNO2. The molecule has 0 atom stereocenters. The van der Waals surface area contributed by atoms with Crippen LogP contribution in [0.1, 0.15) is 5.56 Å². The lowest BCUT2D eigenvalue weighted by Crippen LogP contribution is -2.17. The third kappa shape index (κ3) is 3.59. The van der Waals surface area contributed by atoms with Gasteiger partial charge in [0.1, 0.15) is 6.61 Å². The summed E-state index contributed by atoms with van der Waals surface area (Å²) in [5.41, 5.74) is 3.86. The standard InChI is InChI=1S/C16H16ClNO2/c1-11-3-8-15(18-16(19)10-20-2)14(9-11)12-4-6-13(17)7-5-12/h3-9H,10H2,1-2H3,(H,18,19). The summed E-state index contributed by atoms with van der Waals surface area (Å²) in [5, 5.41) is 3.54. The summed E-state index contributed by atoms with van der Waals surface area (Å²) in [4.78, 5) is 11.7. The lowest BCUT2D eigenvalue weighted by Gasteiger charge is -2.12. The number of hydrogen-bond acceptors (Lipinski definition) is 2. The van der Waals surface area contributed by atoms with Crippen molar-refractivity contribution >= 4 is 23.2 Å². The Balaban J connectivity index is 2.37. The maximum atomic E-state index is 11.7. The monoisotopic (exact) mass is 289 g/mol. The zero-order chi connectivity index (χ0) is 14.5. The van der Waals surface area contributed by atoms with Crippen LogP contribution in [0.15, 0.2) is 42.5 Å². The number of aryl methyl sites for hydroxylation is 1. The Kier molecular flexibility index (Phi) is 4.77. The highest BCUT2D eigenvalue weighted by atomic mass is 35.5. The fourth-order valence-corrected chi connectivity index (χ4v) is 2.08. The Morgan fingerprint density at radius 1 is 1.20 bits per heavy atom. The van der Waals surface area contributed by atoms with E-state index in [9.17, 15) is 4.79 Å². The summed E-state index contributed by atoms with van der Waals surface area (Å²) in [7, 11) is 1.49. The number of methoxy groups -OCH3 is 1. The lowest BCUT2D eigenvalue weighted by atomic mass is 10.0. The second kappa shape index (κ2) is 6.55. The number of anilines is 1. The molecule has 2 aromatic carbocycles. The van der Waals surface area contributed by atoms with Gasteiger partial charge in [0.2, 0.25) is 5.91 Å². The van der Waals surface area contributed by atoms with Gasteiger partial charge in [0.25, 0.3) is 0 Å². The topological polar surface area (TPSA) is 38.3 Å². The van der Waals surface area contributed by atoms with E-state index in [0.29, 0.717) is 5.02 Å². The van der Waals surface area contributed by atoms with E-state index < -0.39 is 0 Å². The van der Waals surface area contributed by atoms with E-state index in [2.05, 4.69) is 5.32 Å². The first-order valence-corrected chi connectivity index (χ1v) is 6.63. The van der Waals surface area contributed by atoms with Gasteiger partial charge < -0.3 is 10.1 Å². The minimum absolute atomic E-state index is 0.0356. The van der Waals surface area contributed by atoms with Gasteiger partial charge in [-0.1, -0.05) is 35.4 Å². The summed E-state index contributed by atoms with van der Waals surface area (Å²) in [6, 6.07) is 13.4. The number of rotatable bonds is 4. The first-order valence-electron chi connectivity index (χ1n) is 6.25. The Morgan fingerprint density at radius 3 is 2.55 bits per heavy atom. The maximum Gasteiger partial charge on any atom is 0.250 e. The lowest BCUT2D eigenvalue weighted by molar-refractivity contribution is -0.119. The van der Waals surface area contributed by atoms with Crippen molar-refractivity contribution in [2.24, 2.45) is 0 Å². The van der Waals surface area contributed by atoms with Gasteiger partial charge in [0.05, 0.1) is 0 Å². The first-order chi connectivity index (χ1) is 9.60. The van der Waals surface area contributed by atoms with Crippen molar-refractivity contribution in [3.63, 3.8) is 0 Å². The summed E-state index contributed by atoms with van der Waals surface area (Å²) in [6.45, 7) is 2.05. The van der Waals surface area contributed by atoms with Gasteiger partial charge in [-0.3, -0.25) is 4.79 Å². The van der Waals surface area contributed by atoms with Crippen LogP contribution < -0.4 is 5.32 Å². The number of ether oxygens (including phenoxy) is 1. The summed E-state index contributed by atoms with van der Waals surface area (Å²) >= 11 is 5.91. The maximum absolute atomic E-state index is 11.7. The van der Waals surface area contributed by atoms with E-state index >= 15 is 0 Å². The van der Waals surface area contributed by atoms with E-state index in [0.717, 1.165) is 22.4 Å². The smallest absolute Gasteiger partial charge is 0.250 e. The van der Waals surface area contributed by atoms with Gasteiger partial charge >= 0.3 is 0 Å². The highest BCUT2D eigenvalue weighted by Gasteiger charge is 2.09. The average Bonchev–Trinajstić information content (AvgIpc) is 2.42. The van der Waals surface area contributed by atoms with Crippen LogP contribution >= 0.6 is 11.6 Å². The summed E-state index contributed by atoms with van der Waals surface area (Å²) in [6.07, 6.45) is 0. The van der Waals surface area contributed by atoms with Gasteiger partial charge in [-0.05, 0) is 36.8 Å². The van der Waals surface area contributed by atoms with Crippen molar-refractivity contribution in [1.29, 1.82) is 0 Å². The van der Waals surface area contributed by atoms with Crippen LogP contribution in [0.25, 0.3) is 11.1 Å². The fraction of sp³-hybridized carbons (Fsp3) is 0.188. The molecule has 4 heteroatoms. The number of benzene rings is 2. The molecule has 0 aliphatic heterocycles. The third-order valence-corrected chi connectivity index (χ3v) is 3.13. The van der Waals surface area contributed by atoms with Crippen LogP contribution in [0, 0.1) is 6.92 Å². The Morgan fingerprint density at radius 2 is 1.90 bits per heavy atom. The average molecular weight is 290 g/mol. The fourth-order valence-electron chi connectivity index (χ4n) is 1.95. The molecule has 0 saturated carbocycles. The van der Waals surface area contributed by atoms with Gasteiger partial charge in [-0.15, -0.1) is 0 Å². The van der Waals surface area contributed by atoms with Crippen molar-refractivity contribution in [1.82, 2.24) is 0 Å². The van der Waals surface area contributed by atoms with E-state index in [4.69, 9.17) is 16.3 Å². The predicted molar refractivity (Wildman–Crippen MR) is 82.1 cm³/mol. The molecule has 1 amide bonds. The highest BCUT2D eigenvalue weighted by molar-refractivity contribution is 6.30. The van der Waals surface area contributed by atoms with Crippen LogP contribution in [0.4, 0.5) is 5.69 Å². The molecule has 104 valence electrons. The molecule has 0 heterocycles. The number of amides is 1. The van der Waals surface area contributed by atoms with Crippen molar-refractivity contribution < 1.29 is 9.53 Å². The molecule has 0 aliphatic rings. The molecule has 0 aromatic heterocycles. The SMILES string of the molecule is COCC(=O)Nc1ccc(C)cc1-c1ccc(Cl)cc1. The molecule has 1 N–H and O–H groups in total. The van der Waals surface area contributed by atoms with Crippen molar-refractivity contribution in [3.8, 4) is 11.1 Å². The molecule has 0 radical (unpaired) electrons. The van der Waals surface area contributed by atoms with Crippen molar-refractivity contribution in [2.75, 3.05) is 19.0 Å². The summed E-state index contributed by atoms with van der Waals surface area (Å²) < 4.78 is 4.83. The molecular weight excluding hydrogens is 274 g/mol. The number of hydrogen-bond donors (Lipinski definition) is 1. The molecule has 0 fully saturated rings. The van der Waals surface area contributed by atoms with E-state index in [1.807, 2.05) is 49.4 Å². The molecule has 2 rings (SSSR count). The predicted octanol–water partition coefficient (Wildman–Crippen LogP) is 3.90. The van der Waals surface area contributed by atoms with Crippen molar-refractivity contribution in [3.05, 3.63) is 53.1 Å². The first kappa shape index (κ1) is 14.6. The third-order valence-electron chi connectivity index (χ3n) is 2.88. The molecule has 2 aromatic rings. The Labute approximate surface area is 123 Å². The number of nitrogens with one attached hydrogen (secondary N) is 1.